The Hall–Kier alpha value is -0.940. The van der Waals surface area contributed by atoms with Crippen molar-refractivity contribution in [3.8, 4) is 0 Å². The van der Waals surface area contributed by atoms with Crippen LogP contribution in [-0.2, 0) is 11.3 Å². The molecule has 1 aromatic rings. The van der Waals surface area contributed by atoms with Crippen LogP contribution in [0.2, 0.25) is 0 Å². The highest BCUT2D eigenvalue weighted by molar-refractivity contribution is 7.07. The van der Waals surface area contributed by atoms with E-state index in [0.717, 1.165) is 44.7 Å². The molecule has 2 bridgehead atoms. The predicted octanol–water partition coefficient (Wildman–Crippen LogP) is 1.98. The van der Waals surface area contributed by atoms with E-state index in [-0.39, 0.29) is 5.92 Å². The molecule has 0 aromatic carbocycles. The second-order valence-corrected chi connectivity index (χ2v) is 6.35. The molecule has 3 saturated heterocycles. The first-order chi connectivity index (χ1) is 9.28. The van der Waals surface area contributed by atoms with E-state index in [4.69, 9.17) is 0 Å². The molecule has 1 aromatic heterocycles. The molecule has 1 amide bonds. The molecule has 0 radical (unpaired) electrons. The van der Waals surface area contributed by atoms with E-state index < -0.39 is 0 Å². The Kier molecular flexibility index (Phi) is 3.84. The van der Waals surface area contributed by atoms with Crippen LogP contribution in [0.25, 0.3) is 0 Å². The van der Waals surface area contributed by atoms with Crippen LogP contribution in [0.3, 0.4) is 0 Å². The molecular weight excluding hydrogens is 258 g/mol. The summed E-state index contributed by atoms with van der Waals surface area (Å²) in [7, 11) is 0. The average Bonchev–Trinajstić information content (AvgIpc) is 2.77. The summed E-state index contributed by atoms with van der Waals surface area (Å²) in [5.41, 5.74) is 3.02. The molecule has 3 aliphatic rings. The van der Waals surface area contributed by atoms with E-state index in [0.29, 0.717) is 11.9 Å². The van der Waals surface area contributed by atoms with Gasteiger partial charge in [0.15, 0.2) is 0 Å². The van der Waals surface area contributed by atoms with Gasteiger partial charge in [0.25, 0.3) is 0 Å². The van der Waals surface area contributed by atoms with Gasteiger partial charge in [0.05, 0.1) is 17.1 Å². The summed E-state index contributed by atoms with van der Waals surface area (Å²) in [5.74, 6) is 0.600. The Labute approximate surface area is 118 Å². The molecule has 19 heavy (non-hydrogen) atoms. The molecule has 0 spiro atoms. The number of aromatic nitrogens is 1. The molecule has 0 unspecified atom stereocenters. The zero-order chi connectivity index (χ0) is 13.2. The molecule has 4 rings (SSSR count). The first-order valence-electron chi connectivity index (χ1n) is 7.18. The number of nitrogens with zero attached hydrogens (tertiary/aromatic N) is 3. The standard InChI is InChI=1S/C14H21N3OS/c1-2-5-17-13-4-3-11(14(17)18)6-16(8-13)7-12-9-19-10-15-12/h9-11,13H,2-8H2,1H3/t11-,13+/m1/s1. The predicted molar refractivity (Wildman–Crippen MR) is 75.9 cm³/mol. The monoisotopic (exact) mass is 279 g/mol. The summed E-state index contributed by atoms with van der Waals surface area (Å²) in [6, 6.07) is 0.421. The summed E-state index contributed by atoms with van der Waals surface area (Å²) in [5, 5.41) is 2.11. The number of carbonyl (C=O) groups excluding carboxylic acids is 1. The van der Waals surface area contributed by atoms with Gasteiger partial charge in [-0.2, -0.15) is 0 Å². The molecule has 3 aliphatic heterocycles. The minimum absolute atomic E-state index is 0.212. The molecular formula is C14H21N3OS. The van der Waals surface area contributed by atoms with Crippen LogP contribution in [-0.4, -0.2) is 46.4 Å². The largest absolute Gasteiger partial charge is 0.338 e. The van der Waals surface area contributed by atoms with Crippen LogP contribution in [0.1, 0.15) is 31.9 Å². The summed E-state index contributed by atoms with van der Waals surface area (Å²) in [6.45, 7) is 5.89. The van der Waals surface area contributed by atoms with Crippen LogP contribution in [0.5, 0.6) is 0 Å². The maximum Gasteiger partial charge on any atom is 0.227 e. The third-order valence-electron chi connectivity index (χ3n) is 4.20. The normalized spacial score (nSPS) is 27.8. The number of hydrogen-bond donors (Lipinski definition) is 0. The minimum Gasteiger partial charge on any atom is -0.338 e. The van der Waals surface area contributed by atoms with Crippen molar-refractivity contribution in [2.75, 3.05) is 19.6 Å². The van der Waals surface area contributed by atoms with Crippen LogP contribution in [0, 0.1) is 5.92 Å². The molecule has 0 N–H and O–H groups in total. The number of carbonyl (C=O) groups is 1. The number of piperidine rings is 1. The van der Waals surface area contributed by atoms with Crippen molar-refractivity contribution >= 4 is 17.2 Å². The van der Waals surface area contributed by atoms with E-state index in [9.17, 15) is 4.79 Å². The SMILES string of the molecule is CCCN1C(=O)[C@@H]2CC[C@H]1CN(Cc1cscn1)C2. The van der Waals surface area contributed by atoms with Crippen molar-refractivity contribution in [2.45, 2.75) is 38.8 Å². The second kappa shape index (κ2) is 5.59. The van der Waals surface area contributed by atoms with Crippen molar-refractivity contribution < 1.29 is 4.79 Å². The van der Waals surface area contributed by atoms with Gasteiger partial charge in [-0.3, -0.25) is 9.69 Å². The third kappa shape index (κ3) is 2.67. The molecule has 4 nitrogen and oxygen atoms in total. The smallest absolute Gasteiger partial charge is 0.227 e. The van der Waals surface area contributed by atoms with Crippen LogP contribution >= 0.6 is 11.3 Å². The molecule has 0 aliphatic carbocycles. The summed E-state index contributed by atoms with van der Waals surface area (Å²) in [4.78, 5) is 21.4. The Morgan fingerprint density at radius 1 is 1.42 bits per heavy atom. The quantitative estimate of drug-likeness (QED) is 0.845. The van der Waals surface area contributed by atoms with Gasteiger partial charge in [-0.05, 0) is 19.3 Å². The molecule has 5 heteroatoms. The lowest BCUT2D eigenvalue weighted by molar-refractivity contribution is -0.139. The number of amides is 1. The van der Waals surface area contributed by atoms with Gasteiger partial charge in [-0.15, -0.1) is 11.3 Å². The fraction of sp³-hybridized carbons (Fsp3) is 0.714. The number of rotatable bonds is 4. The van der Waals surface area contributed by atoms with Crippen LogP contribution < -0.4 is 0 Å². The molecule has 3 fully saturated rings. The lowest BCUT2D eigenvalue weighted by atomic mass is 9.94. The zero-order valence-electron chi connectivity index (χ0n) is 11.4. The zero-order valence-corrected chi connectivity index (χ0v) is 12.2. The van der Waals surface area contributed by atoms with Crippen molar-refractivity contribution in [1.29, 1.82) is 0 Å². The van der Waals surface area contributed by atoms with E-state index in [1.807, 2.05) is 5.51 Å². The summed E-state index contributed by atoms with van der Waals surface area (Å²) >= 11 is 1.64. The van der Waals surface area contributed by atoms with E-state index in [1.165, 1.54) is 6.42 Å². The summed E-state index contributed by atoms with van der Waals surface area (Å²) < 4.78 is 0. The first-order valence-corrected chi connectivity index (χ1v) is 8.12. The summed E-state index contributed by atoms with van der Waals surface area (Å²) in [6.07, 6.45) is 3.29. The van der Waals surface area contributed by atoms with Gasteiger partial charge in [0.1, 0.15) is 0 Å². The van der Waals surface area contributed by atoms with Crippen molar-refractivity contribution in [3.63, 3.8) is 0 Å². The Bertz CT molecular complexity index is 434. The second-order valence-electron chi connectivity index (χ2n) is 5.63. The van der Waals surface area contributed by atoms with Gasteiger partial charge in [-0.25, -0.2) is 4.98 Å². The fourth-order valence-corrected chi connectivity index (χ4v) is 3.89. The highest BCUT2D eigenvalue weighted by Crippen LogP contribution is 2.29. The van der Waals surface area contributed by atoms with Gasteiger partial charge in [-0.1, -0.05) is 6.92 Å². The molecule has 104 valence electrons. The lowest BCUT2D eigenvalue weighted by Crippen LogP contribution is -2.48. The molecule has 2 atom stereocenters. The number of hydrogen-bond acceptors (Lipinski definition) is 4. The highest BCUT2D eigenvalue weighted by atomic mass is 32.1. The lowest BCUT2D eigenvalue weighted by Gasteiger charge is -2.35. The van der Waals surface area contributed by atoms with E-state index in [2.05, 4.69) is 27.1 Å². The van der Waals surface area contributed by atoms with Crippen LogP contribution in [0.15, 0.2) is 10.9 Å². The Balaban J connectivity index is 1.72. The maximum atomic E-state index is 12.4. The Morgan fingerprint density at radius 3 is 3.05 bits per heavy atom. The maximum absolute atomic E-state index is 12.4. The molecule has 0 saturated carbocycles. The van der Waals surface area contributed by atoms with Gasteiger partial charge >= 0.3 is 0 Å². The first kappa shape index (κ1) is 13.1. The number of thiazole rings is 1. The van der Waals surface area contributed by atoms with E-state index >= 15 is 0 Å². The fourth-order valence-electron chi connectivity index (χ4n) is 3.34. The van der Waals surface area contributed by atoms with Gasteiger partial charge in [0.2, 0.25) is 5.91 Å². The topological polar surface area (TPSA) is 36.4 Å². The minimum atomic E-state index is 0.212. The highest BCUT2D eigenvalue weighted by Gasteiger charge is 2.40. The van der Waals surface area contributed by atoms with Gasteiger partial charge in [0, 0.05) is 37.6 Å². The number of fused-ring (bicyclic) bond motifs is 4. The van der Waals surface area contributed by atoms with Crippen molar-refractivity contribution in [1.82, 2.24) is 14.8 Å². The van der Waals surface area contributed by atoms with Crippen LogP contribution in [0.4, 0.5) is 0 Å². The Morgan fingerprint density at radius 2 is 2.32 bits per heavy atom. The average molecular weight is 279 g/mol. The van der Waals surface area contributed by atoms with Crippen molar-refractivity contribution in [2.24, 2.45) is 5.92 Å². The van der Waals surface area contributed by atoms with Gasteiger partial charge < -0.3 is 4.90 Å². The molecule has 4 heterocycles. The third-order valence-corrected chi connectivity index (χ3v) is 4.84. The van der Waals surface area contributed by atoms with E-state index in [1.54, 1.807) is 11.3 Å². The van der Waals surface area contributed by atoms with Crippen molar-refractivity contribution in [3.05, 3.63) is 16.6 Å².